The van der Waals surface area contributed by atoms with E-state index >= 15 is 0 Å². The van der Waals surface area contributed by atoms with E-state index in [4.69, 9.17) is 4.74 Å². The fourth-order valence-corrected chi connectivity index (χ4v) is 4.49. The summed E-state index contributed by atoms with van der Waals surface area (Å²) in [4.78, 5) is 0. The van der Waals surface area contributed by atoms with Crippen LogP contribution in [0.25, 0.3) is 0 Å². The molecule has 0 aliphatic carbocycles. The SMILES string of the molecule is c1ccc([Se]C[C@@H]2CC[C@@H](c3ccccc3)O2)cc1. The topological polar surface area (TPSA) is 9.23 Å². The van der Waals surface area contributed by atoms with Gasteiger partial charge in [-0.3, -0.25) is 0 Å². The summed E-state index contributed by atoms with van der Waals surface area (Å²) in [5.41, 5.74) is 1.33. The van der Waals surface area contributed by atoms with E-state index < -0.39 is 0 Å². The van der Waals surface area contributed by atoms with Crippen LogP contribution >= 0.6 is 0 Å². The van der Waals surface area contributed by atoms with Gasteiger partial charge in [-0.05, 0) is 0 Å². The van der Waals surface area contributed by atoms with E-state index in [0.717, 1.165) is 0 Å². The van der Waals surface area contributed by atoms with Crippen LogP contribution in [-0.2, 0) is 4.74 Å². The van der Waals surface area contributed by atoms with Crippen LogP contribution in [-0.4, -0.2) is 21.1 Å². The summed E-state index contributed by atoms with van der Waals surface area (Å²) in [5.74, 6) is 0. The number of hydrogen-bond acceptors (Lipinski definition) is 1. The van der Waals surface area contributed by atoms with Crippen LogP contribution in [0.5, 0.6) is 0 Å². The van der Waals surface area contributed by atoms with E-state index in [0.29, 0.717) is 27.2 Å². The molecule has 98 valence electrons. The summed E-state index contributed by atoms with van der Waals surface area (Å²) in [6.07, 6.45) is 3.14. The molecule has 0 aromatic heterocycles. The summed E-state index contributed by atoms with van der Waals surface area (Å²) >= 11 is 0.539. The average Bonchev–Trinajstić information content (AvgIpc) is 2.96. The quantitative estimate of drug-likeness (QED) is 0.786. The first-order valence-corrected chi connectivity index (χ1v) is 8.87. The molecule has 3 rings (SSSR count). The van der Waals surface area contributed by atoms with E-state index in [-0.39, 0.29) is 0 Å². The fraction of sp³-hybridized carbons (Fsp3) is 0.294. The van der Waals surface area contributed by atoms with Gasteiger partial charge in [0.05, 0.1) is 0 Å². The van der Waals surface area contributed by atoms with Gasteiger partial charge in [0.25, 0.3) is 0 Å². The Morgan fingerprint density at radius 1 is 0.895 bits per heavy atom. The molecule has 0 saturated carbocycles. The molecule has 19 heavy (non-hydrogen) atoms. The number of benzene rings is 2. The summed E-state index contributed by atoms with van der Waals surface area (Å²) in [5, 5.41) is 1.19. The molecule has 2 aromatic rings. The molecule has 2 atom stereocenters. The molecule has 0 radical (unpaired) electrons. The van der Waals surface area contributed by atoms with Gasteiger partial charge in [0.2, 0.25) is 0 Å². The van der Waals surface area contributed by atoms with Crippen molar-refractivity contribution >= 4 is 19.4 Å². The minimum atomic E-state index is 0.317. The molecule has 1 fully saturated rings. The fourth-order valence-electron chi connectivity index (χ4n) is 2.45. The van der Waals surface area contributed by atoms with Crippen molar-refractivity contribution in [1.29, 1.82) is 0 Å². The molecular formula is C17H18OSe. The van der Waals surface area contributed by atoms with Crippen LogP contribution in [0.3, 0.4) is 0 Å². The van der Waals surface area contributed by atoms with Gasteiger partial charge in [-0.15, -0.1) is 0 Å². The molecule has 1 aliphatic rings. The molecule has 2 heteroatoms. The van der Waals surface area contributed by atoms with Gasteiger partial charge in [0.1, 0.15) is 0 Å². The second-order valence-electron chi connectivity index (χ2n) is 4.86. The molecule has 0 bridgehead atoms. The molecule has 1 aliphatic heterocycles. The van der Waals surface area contributed by atoms with Gasteiger partial charge in [-0.25, -0.2) is 0 Å². The zero-order valence-corrected chi connectivity index (χ0v) is 12.6. The van der Waals surface area contributed by atoms with Crippen LogP contribution in [0.15, 0.2) is 60.7 Å². The van der Waals surface area contributed by atoms with Crippen LogP contribution in [0.2, 0.25) is 5.32 Å². The van der Waals surface area contributed by atoms with Crippen molar-refractivity contribution in [2.75, 3.05) is 0 Å². The van der Waals surface area contributed by atoms with Crippen molar-refractivity contribution < 1.29 is 4.74 Å². The summed E-state index contributed by atoms with van der Waals surface area (Å²) in [7, 11) is 0. The Labute approximate surface area is 121 Å². The molecule has 1 saturated heterocycles. The Morgan fingerprint density at radius 2 is 1.58 bits per heavy atom. The first-order chi connectivity index (χ1) is 9.42. The number of rotatable bonds is 4. The van der Waals surface area contributed by atoms with Gasteiger partial charge < -0.3 is 0 Å². The van der Waals surface area contributed by atoms with E-state index in [1.54, 1.807) is 0 Å². The predicted molar refractivity (Wildman–Crippen MR) is 79.9 cm³/mol. The molecular weight excluding hydrogens is 299 g/mol. The van der Waals surface area contributed by atoms with Crippen LogP contribution in [0, 0.1) is 0 Å². The number of ether oxygens (including phenoxy) is 1. The maximum atomic E-state index is 6.18. The molecule has 1 nitrogen and oxygen atoms in total. The monoisotopic (exact) mass is 318 g/mol. The zero-order valence-electron chi connectivity index (χ0n) is 10.9. The first kappa shape index (κ1) is 12.9. The van der Waals surface area contributed by atoms with E-state index in [9.17, 15) is 0 Å². The number of hydrogen-bond donors (Lipinski definition) is 0. The molecule has 1 heterocycles. The van der Waals surface area contributed by atoms with Gasteiger partial charge >= 0.3 is 121 Å². The van der Waals surface area contributed by atoms with Gasteiger partial charge in [-0.2, -0.15) is 0 Å². The third kappa shape index (κ3) is 3.48. The van der Waals surface area contributed by atoms with Crippen LogP contribution in [0.1, 0.15) is 24.5 Å². The molecule has 0 spiro atoms. The van der Waals surface area contributed by atoms with Crippen molar-refractivity contribution in [2.45, 2.75) is 30.4 Å². The molecule has 2 aromatic carbocycles. The van der Waals surface area contributed by atoms with Crippen molar-refractivity contribution in [3.8, 4) is 0 Å². The van der Waals surface area contributed by atoms with Crippen molar-refractivity contribution in [1.82, 2.24) is 0 Å². The van der Waals surface area contributed by atoms with Crippen molar-refractivity contribution in [3.05, 3.63) is 66.2 Å². The summed E-state index contributed by atoms with van der Waals surface area (Å²) < 4.78 is 7.66. The second kappa shape index (κ2) is 6.38. The van der Waals surface area contributed by atoms with E-state index in [2.05, 4.69) is 60.7 Å². The average molecular weight is 317 g/mol. The Bertz CT molecular complexity index is 497. The normalized spacial score (nSPS) is 22.5. The predicted octanol–water partition coefficient (Wildman–Crippen LogP) is 3.35. The van der Waals surface area contributed by atoms with Crippen molar-refractivity contribution in [2.24, 2.45) is 0 Å². The minimum absolute atomic E-state index is 0.317. The molecule has 0 amide bonds. The third-order valence-corrected chi connectivity index (χ3v) is 5.86. The van der Waals surface area contributed by atoms with Crippen molar-refractivity contribution in [3.63, 3.8) is 0 Å². The Balaban J connectivity index is 1.52. The Hall–Kier alpha value is -1.08. The first-order valence-electron chi connectivity index (χ1n) is 6.80. The van der Waals surface area contributed by atoms with Crippen LogP contribution < -0.4 is 4.46 Å². The van der Waals surface area contributed by atoms with Gasteiger partial charge in [-0.1, -0.05) is 0 Å². The van der Waals surface area contributed by atoms with Gasteiger partial charge in [0.15, 0.2) is 0 Å². The summed E-state index contributed by atoms with van der Waals surface area (Å²) in [6, 6.07) is 21.4. The summed E-state index contributed by atoms with van der Waals surface area (Å²) in [6.45, 7) is 0. The Kier molecular flexibility index (Phi) is 4.34. The molecule has 0 unspecified atom stereocenters. The Morgan fingerprint density at radius 3 is 2.32 bits per heavy atom. The van der Waals surface area contributed by atoms with E-state index in [1.807, 2.05) is 0 Å². The third-order valence-electron chi connectivity index (χ3n) is 3.46. The second-order valence-corrected chi connectivity index (χ2v) is 7.15. The van der Waals surface area contributed by atoms with Gasteiger partial charge in [0, 0.05) is 0 Å². The standard InChI is InChI=1S/C17H18OSe/c1-3-7-14(8-4-1)17-12-11-15(18-17)13-19-16-9-5-2-6-10-16/h1-10,15,17H,11-13H2/t15-,17-/m0/s1. The van der Waals surface area contributed by atoms with Crippen LogP contribution in [0.4, 0.5) is 0 Å². The van der Waals surface area contributed by atoms with E-state index in [1.165, 1.54) is 28.2 Å². The zero-order chi connectivity index (χ0) is 12.9. The maximum absolute atomic E-state index is 6.18. The molecule has 0 N–H and O–H groups in total.